The van der Waals surface area contributed by atoms with Crippen molar-refractivity contribution >= 4 is 5.91 Å². The van der Waals surface area contributed by atoms with Gasteiger partial charge in [-0.1, -0.05) is 25.0 Å². The minimum Gasteiger partial charge on any atom is -0.438 e. The van der Waals surface area contributed by atoms with E-state index >= 15 is 0 Å². The zero-order valence-corrected chi connectivity index (χ0v) is 14.1. The van der Waals surface area contributed by atoms with E-state index in [2.05, 4.69) is 32.3 Å². The molecule has 2 fully saturated rings. The van der Waals surface area contributed by atoms with Crippen LogP contribution in [0.1, 0.15) is 31.2 Å². The number of benzene rings is 1. The predicted octanol–water partition coefficient (Wildman–Crippen LogP) is 2.51. The number of fused-ring (bicyclic) bond motifs is 1. The van der Waals surface area contributed by atoms with E-state index in [9.17, 15) is 4.79 Å². The van der Waals surface area contributed by atoms with Crippen LogP contribution in [-0.2, 0) is 11.3 Å². The molecule has 0 radical (unpaired) electrons. The molecule has 6 nitrogen and oxygen atoms in total. The standard InChI is InChI=1S/C19H22N4O2/c24-18-13-23(17-4-2-1-3-16(17)22-18)12-14-5-7-15(8-6-14)25-19-11-20-9-10-21-19/h5-11,16-17H,1-4,12-13H2,(H,22,24)/t16-,17+/m1/s1. The molecular formula is C19H22N4O2. The number of ether oxygens (including phenoxy) is 1. The van der Waals surface area contributed by atoms with Crippen molar-refractivity contribution in [2.24, 2.45) is 0 Å². The Morgan fingerprint density at radius 2 is 2.00 bits per heavy atom. The Kier molecular flexibility index (Phi) is 4.61. The van der Waals surface area contributed by atoms with Gasteiger partial charge < -0.3 is 10.1 Å². The molecule has 1 saturated heterocycles. The van der Waals surface area contributed by atoms with E-state index in [1.807, 2.05) is 12.1 Å². The van der Waals surface area contributed by atoms with Gasteiger partial charge in [0.2, 0.25) is 11.8 Å². The molecule has 1 saturated carbocycles. The van der Waals surface area contributed by atoms with Crippen molar-refractivity contribution in [1.29, 1.82) is 0 Å². The lowest BCUT2D eigenvalue weighted by Crippen LogP contribution is -2.61. The molecule has 0 bridgehead atoms. The number of carbonyl (C=O) groups is 1. The van der Waals surface area contributed by atoms with Crippen LogP contribution < -0.4 is 10.1 Å². The Labute approximate surface area is 147 Å². The highest BCUT2D eigenvalue weighted by Gasteiger charge is 2.36. The highest BCUT2D eigenvalue weighted by atomic mass is 16.5. The fraction of sp³-hybridized carbons (Fsp3) is 0.421. The van der Waals surface area contributed by atoms with Crippen LogP contribution in [-0.4, -0.2) is 39.4 Å². The van der Waals surface area contributed by atoms with Crippen LogP contribution in [0.15, 0.2) is 42.9 Å². The molecule has 0 spiro atoms. The van der Waals surface area contributed by atoms with Gasteiger partial charge in [-0.3, -0.25) is 14.7 Å². The lowest BCUT2D eigenvalue weighted by molar-refractivity contribution is -0.128. The highest BCUT2D eigenvalue weighted by molar-refractivity contribution is 5.79. The molecule has 4 rings (SSSR count). The maximum Gasteiger partial charge on any atom is 0.237 e. The summed E-state index contributed by atoms with van der Waals surface area (Å²) in [6, 6.07) is 8.75. The van der Waals surface area contributed by atoms with Crippen LogP contribution in [0.3, 0.4) is 0 Å². The first-order valence-corrected chi connectivity index (χ1v) is 8.84. The summed E-state index contributed by atoms with van der Waals surface area (Å²) in [6.07, 6.45) is 9.52. The van der Waals surface area contributed by atoms with Crippen molar-refractivity contribution in [3.63, 3.8) is 0 Å². The van der Waals surface area contributed by atoms with Gasteiger partial charge in [-0.2, -0.15) is 0 Å². The quantitative estimate of drug-likeness (QED) is 0.928. The van der Waals surface area contributed by atoms with Gasteiger partial charge in [0, 0.05) is 31.0 Å². The zero-order chi connectivity index (χ0) is 17.1. The molecule has 0 unspecified atom stereocenters. The van der Waals surface area contributed by atoms with Crippen LogP contribution in [0.2, 0.25) is 0 Å². The number of nitrogens with one attached hydrogen (secondary N) is 1. The van der Waals surface area contributed by atoms with Gasteiger partial charge in [0.25, 0.3) is 0 Å². The largest absolute Gasteiger partial charge is 0.438 e. The SMILES string of the molecule is O=C1CN(Cc2ccc(Oc3cnccn3)cc2)[C@H]2CCCC[C@H]2N1. The summed E-state index contributed by atoms with van der Waals surface area (Å²) >= 11 is 0. The van der Waals surface area contributed by atoms with Crippen molar-refractivity contribution in [2.75, 3.05) is 6.54 Å². The summed E-state index contributed by atoms with van der Waals surface area (Å²) in [5.74, 6) is 1.36. The van der Waals surface area contributed by atoms with Crippen LogP contribution in [0.4, 0.5) is 0 Å². The van der Waals surface area contributed by atoms with Crippen LogP contribution >= 0.6 is 0 Å². The average Bonchev–Trinajstić information content (AvgIpc) is 2.64. The van der Waals surface area contributed by atoms with E-state index in [0.717, 1.165) is 18.7 Å². The molecule has 1 aromatic heterocycles. The molecule has 1 aliphatic carbocycles. The van der Waals surface area contributed by atoms with E-state index in [1.54, 1.807) is 18.6 Å². The highest BCUT2D eigenvalue weighted by Crippen LogP contribution is 2.27. The van der Waals surface area contributed by atoms with Gasteiger partial charge in [0.1, 0.15) is 5.75 Å². The van der Waals surface area contributed by atoms with Crippen molar-refractivity contribution in [3.8, 4) is 11.6 Å². The molecule has 25 heavy (non-hydrogen) atoms. The second-order valence-corrected chi connectivity index (χ2v) is 6.72. The zero-order valence-electron chi connectivity index (χ0n) is 14.1. The minimum atomic E-state index is 0.144. The molecule has 2 heterocycles. The first kappa shape index (κ1) is 16.0. The predicted molar refractivity (Wildman–Crippen MR) is 93.1 cm³/mol. The van der Waals surface area contributed by atoms with E-state index in [1.165, 1.54) is 24.8 Å². The molecule has 1 aliphatic heterocycles. The van der Waals surface area contributed by atoms with Crippen LogP contribution in [0, 0.1) is 0 Å². The second kappa shape index (κ2) is 7.19. The molecule has 2 aromatic rings. The summed E-state index contributed by atoms with van der Waals surface area (Å²) < 4.78 is 5.67. The van der Waals surface area contributed by atoms with Gasteiger partial charge in [-0.05, 0) is 30.5 Å². The number of amides is 1. The second-order valence-electron chi connectivity index (χ2n) is 6.72. The maximum atomic E-state index is 12.0. The Bertz CT molecular complexity index is 720. The topological polar surface area (TPSA) is 67.4 Å². The Balaban J connectivity index is 1.42. The number of hydrogen-bond acceptors (Lipinski definition) is 5. The number of rotatable bonds is 4. The van der Waals surface area contributed by atoms with Gasteiger partial charge in [-0.25, -0.2) is 4.98 Å². The number of carbonyl (C=O) groups excluding carboxylic acids is 1. The number of aromatic nitrogens is 2. The smallest absolute Gasteiger partial charge is 0.237 e. The molecule has 2 atom stereocenters. The third-order valence-electron chi connectivity index (χ3n) is 4.96. The third-order valence-corrected chi connectivity index (χ3v) is 4.96. The lowest BCUT2D eigenvalue weighted by Gasteiger charge is -2.44. The van der Waals surface area contributed by atoms with E-state index in [4.69, 9.17) is 4.74 Å². The number of piperazine rings is 1. The van der Waals surface area contributed by atoms with Crippen LogP contribution in [0.25, 0.3) is 0 Å². The van der Waals surface area contributed by atoms with Crippen molar-refractivity contribution in [2.45, 2.75) is 44.3 Å². The third kappa shape index (κ3) is 3.79. The monoisotopic (exact) mass is 338 g/mol. The number of hydrogen-bond donors (Lipinski definition) is 1. The van der Waals surface area contributed by atoms with Crippen LogP contribution in [0.5, 0.6) is 11.6 Å². The first-order valence-electron chi connectivity index (χ1n) is 8.84. The Morgan fingerprint density at radius 3 is 2.80 bits per heavy atom. The molecule has 1 aromatic carbocycles. The van der Waals surface area contributed by atoms with Crippen molar-refractivity contribution in [3.05, 3.63) is 48.4 Å². The van der Waals surface area contributed by atoms with E-state index in [0.29, 0.717) is 24.5 Å². The van der Waals surface area contributed by atoms with E-state index < -0.39 is 0 Å². The van der Waals surface area contributed by atoms with Gasteiger partial charge in [0.05, 0.1) is 12.7 Å². The normalized spacial score (nSPS) is 23.6. The Hall–Kier alpha value is -2.47. The molecule has 2 aliphatic rings. The maximum absolute atomic E-state index is 12.0. The minimum absolute atomic E-state index is 0.144. The summed E-state index contributed by atoms with van der Waals surface area (Å²) in [6.45, 7) is 1.28. The molecule has 1 amide bonds. The lowest BCUT2D eigenvalue weighted by atomic mass is 9.87. The molecule has 1 N–H and O–H groups in total. The van der Waals surface area contributed by atoms with Gasteiger partial charge in [0.15, 0.2) is 0 Å². The molecular weight excluding hydrogens is 316 g/mol. The molecule has 130 valence electrons. The summed E-state index contributed by atoms with van der Waals surface area (Å²) in [5.41, 5.74) is 1.19. The first-order chi connectivity index (χ1) is 12.3. The van der Waals surface area contributed by atoms with Crippen molar-refractivity contribution in [1.82, 2.24) is 20.2 Å². The fourth-order valence-corrected chi connectivity index (χ4v) is 3.80. The van der Waals surface area contributed by atoms with Gasteiger partial charge >= 0.3 is 0 Å². The number of nitrogens with zero attached hydrogens (tertiary/aromatic N) is 3. The van der Waals surface area contributed by atoms with Crippen molar-refractivity contribution < 1.29 is 9.53 Å². The average molecular weight is 338 g/mol. The summed E-state index contributed by atoms with van der Waals surface area (Å²) in [4.78, 5) is 22.4. The van der Waals surface area contributed by atoms with Gasteiger partial charge in [-0.15, -0.1) is 0 Å². The molecule has 6 heteroatoms. The summed E-state index contributed by atoms with van der Waals surface area (Å²) in [7, 11) is 0. The van der Waals surface area contributed by atoms with E-state index in [-0.39, 0.29) is 5.91 Å². The Morgan fingerprint density at radius 1 is 1.16 bits per heavy atom. The summed E-state index contributed by atoms with van der Waals surface area (Å²) in [5, 5.41) is 3.16. The fourth-order valence-electron chi connectivity index (χ4n) is 3.80.